The minimum absolute atomic E-state index is 0.0211. The van der Waals surface area contributed by atoms with Crippen molar-refractivity contribution in [1.82, 2.24) is 30.7 Å². The van der Waals surface area contributed by atoms with Gasteiger partial charge in [-0.2, -0.15) is 9.78 Å². The van der Waals surface area contributed by atoms with Gasteiger partial charge in [0.15, 0.2) is 5.69 Å². The minimum Gasteiger partial charge on any atom is -0.422 e. The number of hydrogen-bond acceptors (Lipinski definition) is 10. The van der Waals surface area contributed by atoms with Crippen LogP contribution in [0.1, 0.15) is 32.1 Å². The summed E-state index contributed by atoms with van der Waals surface area (Å²) in [5.74, 6) is -0.946. The van der Waals surface area contributed by atoms with Crippen LogP contribution in [0.5, 0.6) is 5.75 Å². The van der Waals surface area contributed by atoms with Crippen molar-refractivity contribution in [2.75, 3.05) is 5.73 Å². The Morgan fingerprint density at radius 1 is 1.21 bits per heavy atom. The van der Waals surface area contributed by atoms with Crippen LogP contribution in [0.25, 0.3) is 5.82 Å². The molecule has 0 bridgehead atoms. The maximum Gasteiger partial charge on any atom is 0.343 e. The molecule has 33 heavy (non-hydrogen) atoms. The molecule has 2 aromatic heterocycles. The quantitative estimate of drug-likeness (QED) is 0.171. The highest BCUT2D eigenvalue weighted by atomic mass is 79.9. The van der Waals surface area contributed by atoms with E-state index >= 15 is 0 Å². The van der Waals surface area contributed by atoms with Crippen LogP contribution < -0.4 is 15.9 Å². The van der Waals surface area contributed by atoms with Gasteiger partial charge in [0, 0.05) is 10.0 Å². The molecule has 0 fully saturated rings. The molecular formula is C20H15BrN8O4. The first-order chi connectivity index (χ1) is 15.9. The van der Waals surface area contributed by atoms with E-state index in [0.29, 0.717) is 21.3 Å². The standard InChI is InChI=1S/C20H15BrN8O4/c1-11-16(29(28-24-11)18-17(22)26-33-27-18)19(30)25-23-10-13-7-8-14(21)9-15(13)32-20(31)12-5-3-2-4-6-12/h2-10H,1H3,(H2,22,26)(H,25,30)/b23-10-. The number of nitrogen functional groups attached to an aromatic ring is 1. The summed E-state index contributed by atoms with van der Waals surface area (Å²) in [6.45, 7) is 1.59. The molecule has 0 unspecified atom stereocenters. The predicted octanol–water partition coefficient (Wildman–Crippen LogP) is 2.29. The molecule has 0 saturated heterocycles. The SMILES string of the molecule is Cc1nnn(-c2nonc2N)c1C(=O)N/N=C\c1ccc(Br)cc1OC(=O)c1ccccc1. The van der Waals surface area contributed by atoms with Crippen LogP contribution in [0, 0.1) is 6.92 Å². The van der Waals surface area contributed by atoms with Crippen LogP contribution in [0.4, 0.5) is 5.82 Å². The molecule has 2 aromatic carbocycles. The smallest absolute Gasteiger partial charge is 0.343 e. The van der Waals surface area contributed by atoms with Crippen molar-refractivity contribution in [2.45, 2.75) is 6.92 Å². The molecule has 0 spiro atoms. The highest BCUT2D eigenvalue weighted by Gasteiger charge is 2.22. The summed E-state index contributed by atoms with van der Waals surface area (Å²) in [6.07, 6.45) is 1.34. The highest BCUT2D eigenvalue weighted by Crippen LogP contribution is 2.23. The lowest BCUT2D eigenvalue weighted by Gasteiger charge is -2.08. The van der Waals surface area contributed by atoms with E-state index in [1.54, 1.807) is 55.5 Å². The monoisotopic (exact) mass is 510 g/mol. The Morgan fingerprint density at radius 2 is 2.00 bits per heavy atom. The lowest BCUT2D eigenvalue weighted by Crippen LogP contribution is -2.23. The van der Waals surface area contributed by atoms with Crippen LogP contribution in [0.3, 0.4) is 0 Å². The fourth-order valence-electron chi connectivity index (χ4n) is 2.75. The summed E-state index contributed by atoms with van der Waals surface area (Å²) in [7, 11) is 0. The van der Waals surface area contributed by atoms with Crippen LogP contribution in [-0.2, 0) is 0 Å². The molecule has 0 radical (unpaired) electrons. The third-order valence-electron chi connectivity index (χ3n) is 4.31. The van der Waals surface area contributed by atoms with Crippen molar-refractivity contribution in [1.29, 1.82) is 0 Å². The Kier molecular flexibility index (Phi) is 6.22. The Morgan fingerprint density at radius 3 is 2.73 bits per heavy atom. The normalized spacial score (nSPS) is 11.0. The third-order valence-corrected chi connectivity index (χ3v) is 4.80. The maximum absolute atomic E-state index is 12.7. The highest BCUT2D eigenvalue weighted by molar-refractivity contribution is 9.10. The van der Waals surface area contributed by atoms with Crippen molar-refractivity contribution in [3.05, 3.63) is 75.5 Å². The number of aryl methyl sites for hydroxylation is 1. The number of nitrogens with zero attached hydrogens (tertiary/aromatic N) is 6. The second kappa shape index (κ2) is 9.40. The Labute approximate surface area is 194 Å². The fraction of sp³-hybridized carbons (Fsp3) is 0.0500. The Hall–Kier alpha value is -4.39. The van der Waals surface area contributed by atoms with E-state index in [1.807, 2.05) is 0 Å². The van der Waals surface area contributed by atoms with E-state index in [0.717, 1.165) is 4.68 Å². The first-order valence-corrected chi connectivity index (χ1v) is 10.1. The van der Waals surface area contributed by atoms with Crippen LogP contribution in [-0.4, -0.2) is 43.4 Å². The van der Waals surface area contributed by atoms with Gasteiger partial charge in [0.2, 0.25) is 11.6 Å². The van der Waals surface area contributed by atoms with Gasteiger partial charge in [0.25, 0.3) is 5.91 Å². The van der Waals surface area contributed by atoms with Crippen molar-refractivity contribution >= 4 is 39.8 Å². The van der Waals surface area contributed by atoms with Crippen LogP contribution in [0.2, 0.25) is 0 Å². The van der Waals surface area contributed by atoms with Crippen molar-refractivity contribution in [3.63, 3.8) is 0 Å². The van der Waals surface area contributed by atoms with E-state index in [2.05, 4.69) is 51.7 Å². The summed E-state index contributed by atoms with van der Waals surface area (Å²) in [6, 6.07) is 13.6. The first kappa shape index (κ1) is 21.8. The Bertz CT molecular complexity index is 1350. The molecule has 12 nitrogen and oxygen atoms in total. The topological polar surface area (TPSA) is 163 Å². The van der Waals surface area contributed by atoms with Crippen LogP contribution >= 0.6 is 15.9 Å². The zero-order valence-electron chi connectivity index (χ0n) is 17.0. The molecule has 0 aliphatic rings. The van der Waals surface area contributed by atoms with E-state index < -0.39 is 11.9 Å². The minimum atomic E-state index is -0.629. The zero-order valence-corrected chi connectivity index (χ0v) is 18.6. The van der Waals surface area contributed by atoms with E-state index in [1.165, 1.54) is 6.21 Å². The van der Waals surface area contributed by atoms with Gasteiger partial charge in [0.1, 0.15) is 5.75 Å². The largest absolute Gasteiger partial charge is 0.422 e. The number of aromatic nitrogens is 5. The van der Waals surface area contributed by atoms with Crippen molar-refractivity contribution < 1.29 is 19.0 Å². The number of carbonyl (C=O) groups excluding carboxylic acids is 2. The summed E-state index contributed by atoms with van der Waals surface area (Å²) < 4.78 is 11.8. The number of rotatable bonds is 6. The molecule has 3 N–H and O–H groups in total. The van der Waals surface area contributed by atoms with Gasteiger partial charge in [-0.05, 0) is 47.6 Å². The molecule has 2 heterocycles. The summed E-state index contributed by atoms with van der Waals surface area (Å²) in [4.78, 5) is 25.1. The first-order valence-electron chi connectivity index (χ1n) is 9.35. The maximum atomic E-state index is 12.7. The third kappa shape index (κ3) is 4.77. The number of carbonyl (C=O) groups is 2. The number of ether oxygens (including phenoxy) is 1. The number of nitrogens with one attached hydrogen (secondary N) is 1. The summed E-state index contributed by atoms with van der Waals surface area (Å²) in [5.41, 5.74) is 9.26. The molecule has 4 aromatic rings. The van der Waals surface area contributed by atoms with Crippen molar-refractivity contribution in [3.8, 4) is 11.6 Å². The zero-order chi connectivity index (χ0) is 23.4. The Balaban J connectivity index is 1.53. The van der Waals surface area contributed by atoms with Gasteiger partial charge in [-0.15, -0.1) is 5.10 Å². The number of anilines is 1. The van der Waals surface area contributed by atoms with Gasteiger partial charge in [-0.1, -0.05) is 39.3 Å². The molecule has 13 heteroatoms. The molecule has 0 atom stereocenters. The van der Waals surface area contributed by atoms with E-state index in [9.17, 15) is 9.59 Å². The van der Waals surface area contributed by atoms with Gasteiger partial charge < -0.3 is 10.5 Å². The number of amides is 1. The van der Waals surface area contributed by atoms with Gasteiger partial charge >= 0.3 is 5.97 Å². The predicted molar refractivity (Wildman–Crippen MR) is 119 cm³/mol. The molecule has 0 aliphatic carbocycles. The molecule has 4 rings (SSSR count). The number of benzene rings is 2. The number of nitrogens with two attached hydrogens (primary N) is 1. The van der Waals surface area contributed by atoms with E-state index in [-0.39, 0.29) is 23.1 Å². The van der Waals surface area contributed by atoms with Crippen LogP contribution in [0.15, 0.2) is 62.7 Å². The average Bonchev–Trinajstić information content (AvgIpc) is 3.40. The number of halogens is 1. The summed E-state index contributed by atoms with van der Waals surface area (Å²) >= 11 is 3.35. The lowest BCUT2D eigenvalue weighted by molar-refractivity contribution is 0.0734. The van der Waals surface area contributed by atoms with Gasteiger partial charge in [0.05, 0.1) is 17.5 Å². The van der Waals surface area contributed by atoms with E-state index in [4.69, 9.17) is 10.5 Å². The second-order valence-electron chi connectivity index (χ2n) is 6.55. The molecule has 166 valence electrons. The van der Waals surface area contributed by atoms with Gasteiger partial charge in [-0.3, -0.25) is 4.79 Å². The summed E-state index contributed by atoms with van der Waals surface area (Å²) in [5, 5.41) is 18.7. The molecule has 0 saturated carbocycles. The number of hydrazone groups is 1. The second-order valence-corrected chi connectivity index (χ2v) is 7.46. The molecular weight excluding hydrogens is 496 g/mol. The van der Waals surface area contributed by atoms with Gasteiger partial charge in [-0.25, -0.2) is 14.8 Å². The number of hydrogen-bond donors (Lipinski definition) is 2. The van der Waals surface area contributed by atoms with Crippen molar-refractivity contribution in [2.24, 2.45) is 5.10 Å². The fourth-order valence-corrected chi connectivity index (χ4v) is 3.09. The average molecular weight is 511 g/mol. The number of esters is 1. The molecule has 1 amide bonds. The lowest BCUT2D eigenvalue weighted by atomic mass is 10.2. The molecule has 0 aliphatic heterocycles.